The summed E-state index contributed by atoms with van der Waals surface area (Å²) >= 11 is 0. The molecule has 0 aliphatic carbocycles. The molecule has 2 N–H and O–H groups in total. The normalized spacial score (nSPS) is 32.0. The van der Waals surface area contributed by atoms with E-state index in [1.807, 2.05) is 6.92 Å². The van der Waals surface area contributed by atoms with Gasteiger partial charge in [0.1, 0.15) is 0 Å². The molecule has 1 fully saturated rings. The van der Waals surface area contributed by atoms with Crippen LogP contribution in [0.25, 0.3) is 0 Å². The smallest absolute Gasteiger partial charge is 0.407 e. The van der Waals surface area contributed by atoms with Crippen molar-refractivity contribution in [2.75, 3.05) is 13.1 Å². The number of piperidine rings is 1. The summed E-state index contributed by atoms with van der Waals surface area (Å²) in [7, 11) is 0. The van der Waals surface area contributed by atoms with Crippen LogP contribution in [0.1, 0.15) is 13.3 Å². The van der Waals surface area contributed by atoms with Crippen molar-refractivity contribution < 1.29 is 15.0 Å². The summed E-state index contributed by atoms with van der Waals surface area (Å²) in [6.07, 6.45) is -0.651. The first kappa shape index (κ1) is 8.33. The van der Waals surface area contributed by atoms with E-state index in [4.69, 9.17) is 5.11 Å². The van der Waals surface area contributed by atoms with Crippen LogP contribution < -0.4 is 0 Å². The average molecular weight is 159 g/mol. The van der Waals surface area contributed by atoms with Gasteiger partial charge in [-0.2, -0.15) is 0 Å². The second-order valence-corrected chi connectivity index (χ2v) is 3.06. The van der Waals surface area contributed by atoms with Gasteiger partial charge in [0.05, 0.1) is 6.10 Å². The number of rotatable bonds is 0. The Morgan fingerprint density at radius 1 is 1.64 bits per heavy atom. The van der Waals surface area contributed by atoms with Crippen LogP contribution in [0.3, 0.4) is 0 Å². The van der Waals surface area contributed by atoms with Crippen LogP contribution in [0, 0.1) is 5.92 Å². The van der Waals surface area contributed by atoms with Crippen molar-refractivity contribution in [2.45, 2.75) is 19.4 Å². The number of hydrogen-bond acceptors (Lipinski definition) is 2. The number of nitrogens with zero attached hydrogens (tertiary/aromatic N) is 1. The fraction of sp³-hybridized carbons (Fsp3) is 0.857. The van der Waals surface area contributed by atoms with E-state index in [0.29, 0.717) is 19.5 Å². The van der Waals surface area contributed by atoms with E-state index in [1.165, 1.54) is 4.90 Å². The molecule has 64 valence electrons. The summed E-state index contributed by atoms with van der Waals surface area (Å²) in [4.78, 5) is 11.8. The highest BCUT2D eigenvalue weighted by Crippen LogP contribution is 2.15. The highest BCUT2D eigenvalue weighted by Gasteiger charge is 2.26. The SMILES string of the molecule is C[C@@H]1CN(C(=O)O)CC[C@H]1O. The zero-order valence-electron chi connectivity index (χ0n) is 6.53. The molecule has 4 nitrogen and oxygen atoms in total. The van der Waals surface area contributed by atoms with Gasteiger partial charge >= 0.3 is 6.09 Å². The predicted octanol–water partition coefficient (Wildman–Crippen LogP) is 0.367. The summed E-state index contributed by atoms with van der Waals surface area (Å²) in [5.74, 6) is 0.0693. The third-order valence-corrected chi connectivity index (χ3v) is 2.13. The van der Waals surface area contributed by atoms with E-state index in [0.717, 1.165) is 0 Å². The lowest BCUT2D eigenvalue weighted by molar-refractivity contribution is 0.0370. The molecular formula is C7H13NO3. The second kappa shape index (κ2) is 3.09. The molecule has 0 saturated carbocycles. The monoisotopic (exact) mass is 159 g/mol. The van der Waals surface area contributed by atoms with Crippen LogP contribution in [0.5, 0.6) is 0 Å². The van der Waals surface area contributed by atoms with E-state index in [1.54, 1.807) is 0 Å². The summed E-state index contributed by atoms with van der Waals surface area (Å²) in [5, 5.41) is 17.8. The van der Waals surface area contributed by atoms with Crippen molar-refractivity contribution >= 4 is 6.09 Å². The van der Waals surface area contributed by atoms with Gasteiger partial charge in [0.15, 0.2) is 0 Å². The van der Waals surface area contributed by atoms with Gasteiger partial charge in [-0.3, -0.25) is 0 Å². The summed E-state index contributed by atoms with van der Waals surface area (Å²) in [6, 6.07) is 0. The van der Waals surface area contributed by atoms with Gasteiger partial charge in [0.2, 0.25) is 0 Å². The molecular weight excluding hydrogens is 146 g/mol. The van der Waals surface area contributed by atoms with Gasteiger partial charge in [0.25, 0.3) is 0 Å². The fourth-order valence-corrected chi connectivity index (χ4v) is 1.31. The molecule has 2 atom stereocenters. The molecule has 1 rings (SSSR count). The number of carboxylic acid groups (broad SMARTS) is 1. The molecule has 0 aromatic carbocycles. The van der Waals surface area contributed by atoms with Gasteiger partial charge in [-0.1, -0.05) is 6.92 Å². The lowest BCUT2D eigenvalue weighted by atomic mass is 9.97. The molecule has 1 aliphatic heterocycles. The summed E-state index contributed by atoms with van der Waals surface area (Å²) in [6.45, 7) is 2.77. The number of hydrogen-bond donors (Lipinski definition) is 2. The standard InChI is InChI=1S/C7H13NO3/c1-5-4-8(7(10)11)3-2-6(5)9/h5-6,9H,2-4H2,1H3,(H,10,11)/t5-,6-/m1/s1. The van der Waals surface area contributed by atoms with Gasteiger partial charge in [-0.05, 0) is 12.3 Å². The van der Waals surface area contributed by atoms with E-state index < -0.39 is 6.09 Å². The Morgan fingerprint density at radius 3 is 2.73 bits per heavy atom. The molecule has 0 radical (unpaired) electrons. The Labute approximate surface area is 65.4 Å². The zero-order valence-corrected chi connectivity index (χ0v) is 6.53. The number of aliphatic hydroxyl groups is 1. The van der Waals surface area contributed by atoms with E-state index >= 15 is 0 Å². The van der Waals surface area contributed by atoms with Crippen LogP contribution in [0.2, 0.25) is 0 Å². The number of carbonyl (C=O) groups is 1. The van der Waals surface area contributed by atoms with Crippen LogP contribution in [0.4, 0.5) is 4.79 Å². The first-order chi connectivity index (χ1) is 5.11. The average Bonchev–Trinajstić information content (AvgIpc) is 1.94. The minimum Gasteiger partial charge on any atom is -0.465 e. The van der Waals surface area contributed by atoms with Crippen LogP contribution >= 0.6 is 0 Å². The Kier molecular flexibility index (Phi) is 2.34. The molecule has 1 saturated heterocycles. The molecule has 1 heterocycles. The maximum absolute atomic E-state index is 10.5. The van der Waals surface area contributed by atoms with Crippen LogP contribution in [-0.4, -0.2) is 40.4 Å². The van der Waals surface area contributed by atoms with Gasteiger partial charge in [-0.25, -0.2) is 4.79 Å². The molecule has 0 aromatic rings. The van der Waals surface area contributed by atoms with E-state index in [-0.39, 0.29) is 12.0 Å². The molecule has 1 aliphatic rings. The Morgan fingerprint density at radius 2 is 2.27 bits per heavy atom. The highest BCUT2D eigenvalue weighted by molar-refractivity contribution is 5.65. The van der Waals surface area contributed by atoms with Gasteiger partial charge in [-0.15, -0.1) is 0 Å². The van der Waals surface area contributed by atoms with Crippen molar-refractivity contribution in [2.24, 2.45) is 5.92 Å². The minimum absolute atomic E-state index is 0.0693. The summed E-state index contributed by atoms with van der Waals surface area (Å²) < 4.78 is 0. The minimum atomic E-state index is -0.885. The molecule has 11 heavy (non-hydrogen) atoms. The molecule has 0 bridgehead atoms. The maximum atomic E-state index is 10.5. The largest absolute Gasteiger partial charge is 0.465 e. The molecule has 0 unspecified atom stereocenters. The van der Waals surface area contributed by atoms with Crippen molar-refractivity contribution in [3.05, 3.63) is 0 Å². The lowest BCUT2D eigenvalue weighted by Crippen LogP contribution is -2.44. The molecule has 0 spiro atoms. The molecule has 1 amide bonds. The predicted molar refractivity (Wildman–Crippen MR) is 39.4 cm³/mol. The Balaban J connectivity index is 2.46. The Bertz CT molecular complexity index is 160. The van der Waals surface area contributed by atoms with Gasteiger partial charge < -0.3 is 15.1 Å². The maximum Gasteiger partial charge on any atom is 0.407 e. The van der Waals surface area contributed by atoms with E-state index in [9.17, 15) is 9.90 Å². The first-order valence-corrected chi connectivity index (χ1v) is 3.77. The molecule has 0 aromatic heterocycles. The van der Waals surface area contributed by atoms with Gasteiger partial charge in [0, 0.05) is 13.1 Å². The van der Waals surface area contributed by atoms with Crippen molar-refractivity contribution in [1.82, 2.24) is 4.90 Å². The third-order valence-electron chi connectivity index (χ3n) is 2.13. The summed E-state index contributed by atoms with van der Waals surface area (Å²) in [5.41, 5.74) is 0. The first-order valence-electron chi connectivity index (χ1n) is 3.77. The van der Waals surface area contributed by atoms with Crippen molar-refractivity contribution in [1.29, 1.82) is 0 Å². The quantitative estimate of drug-likeness (QED) is 0.536. The third kappa shape index (κ3) is 1.83. The molecule has 4 heteroatoms. The topological polar surface area (TPSA) is 60.8 Å². The van der Waals surface area contributed by atoms with Crippen LogP contribution in [0.15, 0.2) is 0 Å². The second-order valence-electron chi connectivity index (χ2n) is 3.06. The number of likely N-dealkylation sites (tertiary alicyclic amines) is 1. The fourth-order valence-electron chi connectivity index (χ4n) is 1.31. The van der Waals surface area contributed by atoms with Crippen molar-refractivity contribution in [3.63, 3.8) is 0 Å². The number of amides is 1. The Hall–Kier alpha value is -0.770. The van der Waals surface area contributed by atoms with Crippen LogP contribution in [-0.2, 0) is 0 Å². The highest BCUT2D eigenvalue weighted by atomic mass is 16.4. The number of aliphatic hydroxyl groups excluding tert-OH is 1. The van der Waals surface area contributed by atoms with E-state index in [2.05, 4.69) is 0 Å². The van der Waals surface area contributed by atoms with Crippen molar-refractivity contribution in [3.8, 4) is 0 Å². The lowest BCUT2D eigenvalue weighted by Gasteiger charge is -2.32. The zero-order chi connectivity index (χ0) is 8.43.